The molecule has 5 rings (SSSR count). The number of carboxylic acid groups (broad SMARTS) is 2. The first-order chi connectivity index (χ1) is 16.2. The van der Waals surface area contributed by atoms with Crippen LogP contribution in [-0.2, 0) is 9.59 Å². The first-order valence-electron chi connectivity index (χ1n) is 14.0. The van der Waals surface area contributed by atoms with Crippen molar-refractivity contribution >= 4 is 11.9 Å². The smallest absolute Gasteiger partial charge is 0.312 e. The summed E-state index contributed by atoms with van der Waals surface area (Å²) in [4.78, 5) is 25.3. The summed E-state index contributed by atoms with van der Waals surface area (Å²) >= 11 is 0. The molecule has 1 unspecified atom stereocenters. The lowest BCUT2D eigenvalue weighted by molar-refractivity contribution is -0.251. The molecular formula is C30H46O5. The Labute approximate surface area is 210 Å². The molecule has 11 atom stereocenters. The van der Waals surface area contributed by atoms with Crippen LogP contribution in [0.15, 0.2) is 12.2 Å². The van der Waals surface area contributed by atoms with Gasteiger partial charge in [0.15, 0.2) is 0 Å². The largest absolute Gasteiger partial charge is 0.481 e. The Morgan fingerprint density at radius 2 is 1.46 bits per heavy atom. The van der Waals surface area contributed by atoms with Crippen molar-refractivity contribution in [2.45, 2.75) is 105 Å². The summed E-state index contributed by atoms with van der Waals surface area (Å²) in [6, 6.07) is 0. The second kappa shape index (κ2) is 7.58. The number of hydrogen-bond acceptors (Lipinski definition) is 3. The number of aliphatic hydroxyl groups is 1. The van der Waals surface area contributed by atoms with Crippen LogP contribution < -0.4 is 0 Å². The second-order valence-corrected chi connectivity index (χ2v) is 14.3. The van der Waals surface area contributed by atoms with Gasteiger partial charge in [0.1, 0.15) is 0 Å². The molecule has 0 spiro atoms. The molecule has 5 nitrogen and oxygen atoms in total. The zero-order valence-corrected chi connectivity index (χ0v) is 22.4. The summed E-state index contributed by atoms with van der Waals surface area (Å²) < 4.78 is 0. The van der Waals surface area contributed by atoms with Crippen LogP contribution in [0.2, 0.25) is 0 Å². The van der Waals surface area contributed by atoms with Gasteiger partial charge in [-0.3, -0.25) is 9.59 Å². The summed E-state index contributed by atoms with van der Waals surface area (Å²) in [6.07, 6.45) is 7.86. The summed E-state index contributed by atoms with van der Waals surface area (Å²) in [5, 5.41) is 31.6. The van der Waals surface area contributed by atoms with E-state index in [4.69, 9.17) is 0 Å². The minimum absolute atomic E-state index is 0.0290. The number of carbonyl (C=O) groups is 2. The SMILES string of the molecule is C=C(C)[C@@H]1CC[C@]2(C(=O)O)CC[C@]3(C)[C@H](CC[C@@H]4[C@@]5(C)CC[C@@H](O)C(C)(C(=O)O)[C@@H]5CC[C@]43C)[C@@H]12. The average Bonchev–Trinajstić information content (AvgIpc) is 3.18. The molecule has 0 heterocycles. The molecule has 0 aromatic carbocycles. The molecule has 0 aliphatic heterocycles. The van der Waals surface area contributed by atoms with Gasteiger partial charge in [-0.2, -0.15) is 0 Å². The molecule has 5 heteroatoms. The predicted molar refractivity (Wildman–Crippen MR) is 135 cm³/mol. The maximum Gasteiger partial charge on any atom is 0.312 e. The Kier molecular flexibility index (Phi) is 5.48. The van der Waals surface area contributed by atoms with Gasteiger partial charge in [0.05, 0.1) is 16.9 Å². The molecular weight excluding hydrogens is 440 g/mol. The molecule has 3 N–H and O–H groups in total. The van der Waals surface area contributed by atoms with Crippen LogP contribution in [0.25, 0.3) is 0 Å². The third-order valence-electron chi connectivity index (χ3n) is 13.6. The van der Waals surface area contributed by atoms with E-state index in [1.807, 2.05) is 0 Å². The zero-order chi connectivity index (χ0) is 25.8. The van der Waals surface area contributed by atoms with Crippen LogP contribution in [0.1, 0.15) is 98.8 Å². The highest BCUT2D eigenvalue weighted by Crippen LogP contribution is 2.77. The molecule has 5 aliphatic carbocycles. The van der Waals surface area contributed by atoms with E-state index in [9.17, 15) is 24.9 Å². The van der Waals surface area contributed by atoms with E-state index < -0.39 is 28.9 Å². The van der Waals surface area contributed by atoms with Crippen LogP contribution in [0.3, 0.4) is 0 Å². The van der Waals surface area contributed by atoms with E-state index >= 15 is 0 Å². The van der Waals surface area contributed by atoms with Gasteiger partial charge in [0, 0.05) is 0 Å². The van der Waals surface area contributed by atoms with E-state index in [2.05, 4.69) is 34.3 Å². The molecule has 0 aromatic rings. The normalized spacial score (nSPS) is 55.1. The quantitative estimate of drug-likeness (QED) is 0.416. The molecule has 35 heavy (non-hydrogen) atoms. The summed E-state index contributed by atoms with van der Waals surface area (Å²) in [5.74, 6) is -0.315. The number of hydrogen-bond donors (Lipinski definition) is 3. The van der Waals surface area contributed by atoms with Gasteiger partial charge in [0.2, 0.25) is 0 Å². The lowest BCUT2D eigenvalue weighted by Gasteiger charge is -2.72. The van der Waals surface area contributed by atoms with Gasteiger partial charge in [-0.05, 0) is 124 Å². The molecule has 0 saturated heterocycles. The van der Waals surface area contributed by atoms with Gasteiger partial charge in [-0.1, -0.05) is 32.9 Å². The van der Waals surface area contributed by atoms with Crippen molar-refractivity contribution in [1.82, 2.24) is 0 Å². The Morgan fingerprint density at radius 1 is 0.771 bits per heavy atom. The number of fused-ring (bicyclic) bond motifs is 7. The summed E-state index contributed by atoms with van der Waals surface area (Å²) in [7, 11) is 0. The molecule has 0 amide bonds. The first kappa shape index (κ1) is 25.3. The van der Waals surface area contributed by atoms with E-state index in [-0.39, 0.29) is 34.0 Å². The minimum Gasteiger partial charge on any atom is -0.481 e. The first-order valence-corrected chi connectivity index (χ1v) is 14.0. The van der Waals surface area contributed by atoms with Crippen molar-refractivity contribution in [2.75, 3.05) is 0 Å². The molecule has 196 valence electrons. The number of aliphatic carboxylic acids is 2. The summed E-state index contributed by atoms with van der Waals surface area (Å²) in [5.41, 5.74) is -0.638. The highest BCUT2D eigenvalue weighted by atomic mass is 16.4. The van der Waals surface area contributed by atoms with Gasteiger partial charge in [-0.15, -0.1) is 0 Å². The van der Waals surface area contributed by atoms with Crippen LogP contribution >= 0.6 is 0 Å². The van der Waals surface area contributed by atoms with Crippen LogP contribution in [0.5, 0.6) is 0 Å². The third-order valence-corrected chi connectivity index (χ3v) is 13.6. The highest BCUT2D eigenvalue weighted by Gasteiger charge is 2.73. The van der Waals surface area contributed by atoms with E-state index in [0.717, 1.165) is 63.4 Å². The van der Waals surface area contributed by atoms with Crippen LogP contribution in [0.4, 0.5) is 0 Å². The maximum absolute atomic E-state index is 12.8. The Morgan fingerprint density at radius 3 is 2.06 bits per heavy atom. The Hall–Kier alpha value is -1.36. The van der Waals surface area contributed by atoms with Crippen molar-refractivity contribution in [3.8, 4) is 0 Å². The zero-order valence-electron chi connectivity index (χ0n) is 22.4. The van der Waals surface area contributed by atoms with E-state index in [0.29, 0.717) is 18.3 Å². The van der Waals surface area contributed by atoms with Crippen molar-refractivity contribution in [2.24, 2.45) is 56.7 Å². The lowest BCUT2D eigenvalue weighted by atomic mass is 9.32. The Bertz CT molecular complexity index is 958. The molecule has 5 fully saturated rings. The fourth-order valence-electron chi connectivity index (χ4n) is 11.5. The highest BCUT2D eigenvalue weighted by molar-refractivity contribution is 5.76. The van der Waals surface area contributed by atoms with E-state index in [1.165, 1.54) is 0 Å². The summed E-state index contributed by atoms with van der Waals surface area (Å²) in [6.45, 7) is 15.4. The average molecular weight is 487 g/mol. The van der Waals surface area contributed by atoms with Crippen molar-refractivity contribution in [3.05, 3.63) is 12.2 Å². The van der Waals surface area contributed by atoms with Crippen molar-refractivity contribution in [1.29, 1.82) is 0 Å². The maximum atomic E-state index is 12.8. The lowest BCUT2D eigenvalue weighted by Crippen LogP contribution is -2.68. The third kappa shape index (κ3) is 2.85. The standard InChI is InChI=1S/C30H46O5/c1-17(2)18-9-14-30(25(34)35)16-15-27(4)19(23(18)30)7-8-20-26(3)12-11-22(31)29(6,24(32)33)21(26)10-13-28(20,27)5/h18-23,31H,1,7-16H2,2-6H3,(H,32,33)(H,34,35)/t18-,19+,20+,21+,22+,23+,26+,27+,28+,29?,30-/m0/s1. The molecule has 0 aromatic heterocycles. The van der Waals surface area contributed by atoms with Crippen LogP contribution in [0, 0.1) is 56.7 Å². The molecule has 0 bridgehead atoms. The van der Waals surface area contributed by atoms with Crippen molar-refractivity contribution < 1.29 is 24.9 Å². The van der Waals surface area contributed by atoms with E-state index in [1.54, 1.807) is 6.92 Å². The molecule has 5 aliphatic rings. The molecule has 5 saturated carbocycles. The van der Waals surface area contributed by atoms with Gasteiger partial charge in [0.25, 0.3) is 0 Å². The Balaban J connectivity index is 1.57. The number of allylic oxidation sites excluding steroid dienone is 1. The monoisotopic (exact) mass is 486 g/mol. The van der Waals surface area contributed by atoms with Gasteiger partial charge in [-0.25, -0.2) is 0 Å². The number of carboxylic acids is 2. The second-order valence-electron chi connectivity index (χ2n) is 14.3. The van der Waals surface area contributed by atoms with Gasteiger partial charge >= 0.3 is 11.9 Å². The predicted octanol–water partition coefficient (Wildman–Crippen LogP) is 6.15. The van der Waals surface area contributed by atoms with Gasteiger partial charge < -0.3 is 15.3 Å². The topological polar surface area (TPSA) is 94.8 Å². The van der Waals surface area contributed by atoms with Crippen molar-refractivity contribution in [3.63, 3.8) is 0 Å². The number of rotatable bonds is 3. The fourth-order valence-corrected chi connectivity index (χ4v) is 11.5. The molecule has 0 radical (unpaired) electrons. The van der Waals surface area contributed by atoms with Crippen LogP contribution in [-0.4, -0.2) is 33.4 Å². The number of aliphatic hydroxyl groups excluding tert-OH is 1. The fraction of sp³-hybridized carbons (Fsp3) is 0.867. The minimum atomic E-state index is -1.10.